The molecule has 1 aromatic carbocycles. The maximum absolute atomic E-state index is 12.3. The van der Waals surface area contributed by atoms with Gasteiger partial charge in [0.25, 0.3) is 0 Å². The van der Waals surface area contributed by atoms with Gasteiger partial charge in [-0.3, -0.25) is 4.90 Å². The van der Waals surface area contributed by atoms with Gasteiger partial charge in [-0.1, -0.05) is 36.8 Å². The number of amides is 1. The number of carbonyl (C=O) groups is 1. The fourth-order valence-electron chi connectivity index (χ4n) is 4.07. The molecule has 5 heteroatoms. The monoisotopic (exact) mass is 346 g/mol. The molecule has 0 bridgehead atoms. The molecule has 2 saturated heterocycles. The highest BCUT2D eigenvalue weighted by atomic mass is 16.6. The standard InChI is InChI=1S/C20H30N2O3/c1-24-16-19-9-5-6-12-22(19)18-10-13-21(14-11-18)20(23)25-15-17-7-3-2-4-8-17/h2-4,7-8,18-19H,5-6,9-16H2,1H3. The van der Waals surface area contributed by atoms with E-state index in [0.29, 0.717) is 18.7 Å². The molecule has 1 unspecified atom stereocenters. The lowest BCUT2D eigenvalue weighted by molar-refractivity contribution is 0.0104. The van der Waals surface area contributed by atoms with Gasteiger partial charge in [0, 0.05) is 32.3 Å². The van der Waals surface area contributed by atoms with Crippen LogP contribution in [-0.4, -0.2) is 61.3 Å². The van der Waals surface area contributed by atoms with Crippen molar-refractivity contribution in [2.75, 3.05) is 33.4 Å². The number of carbonyl (C=O) groups excluding carboxylic acids is 1. The van der Waals surface area contributed by atoms with E-state index in [-0.39, 0.29) is 6.09 Å². The van der Waals surface area contributed by atoms with Gasteiger partial charge in [-0.2, -0.15) is 0 Å². The third-order valence-corrected chi connectivity index (χ3v) is 5.43. The summed E-state index contributed by atoms with van der Waals surface area (Å²) in [6, 6.07) is 11.0. The molecule has 1 amide bonds. The Morgan fingerprint density at radius 1 is 1.08 bits per heavy atom. The van der Waals surface area contributed by atoms with Crippen LogP contribution in [0.25, 0.3) is 0 Å². The van der Waals surface area contributed by atoms with Crippen molar-refractivity contribution in [1.29, 1.82) is 0 Å². The molecule has 0 radical (unpaired) electrons. The number of benzene rings is 1. The van der Waals surface area contributed by atoms with Crippen LogP contribution >= 0.6 is 0 Å². The van der Waals surface area contributed by atoms with Crippen LogP contribution in [0.3, 0.4) is 0 Å². The van der Waals surface area contributed by atoms with Crippen molar-refractivity contribution in [1.82, 2.24) is 9.80 Å². The molecule has 0 N–H and O–H groups in total. The fraction of sp³-hybridized carbons (Fsp3) is 0.650. The topological polar surface area (TPSA) is 42.0 Å². The number of ether oxygens (including phenoxy) is 2. The van der Waals surface area contributed by atoms with E-state index in [1.807, 2.05) is 35.2 Å². The number of likely N-dealkylation sites (tertiary alicyclic amines) is 2. The minimum Gasteiger partial charge on any atom is -0.445 e. The smallest absolute Gasteiger partial charge is 0.410 e. The van der Waals surface area contributed by atoms with Crippen LogP contribution < -0.4 is 0 Å². The number of hydrogen-bond acceptors (Lipinski definition) is 4. The van der Waals surface area contributed by atoms with E-state index in [2.05, 4.69) is 4.90 Å². The zero-order chi connectivity index (χ0) is 17.5. The first kappa shape index (κ1) is 18.2. The maximum atomic E-state index is 12.3. The van der Waals surface area contributed by atoms with Crippen molar-refractivity contribution < 1.29 is 14.3 Å². The van der Waals surface area contributed by atoms with Crippen LogP contribution in [0.5, 0.6) is 0 Å². The number of nitrogens with zero attached hydrogens (tertiary/aromatic N) is 2. The van der Waals surface area contributed by atoms with E-state index in [9.17, 15) is 4.79 Å². The minimum absolute atomic E-state index is 0.186. The molecule has 5 nitrogen and oxygen atoms in total. The summed E-state index contributed by atoms with van der Waals surface area (Å²) in [6.45, 7) is 3.90. The van der Waals surface area contributed by atoms with Crippen molar-refractivity contribution in [2.45, 2.75) is 50.8 Å². The lowest BCUT2D eigenvalue weighted by Crippen LogP contribution is -2.53. The van der Waals surface area contributed by atoms with Crippen LogP contribution in [0.2, 0.25) is 0 Å². The average Bonchev–Trinajstić information content (AvgIpc) is 2.68. The first-order chi connectivity index (χ1) is 12.3. The summed E-state index contributed by atoms with van der Waals surface area (Å²) in [5.41, 5.74) is 1.03. The predicted molar refractivity (Wildman–Crippen MR) is 97.4 cm³/mol. The Labute approximate surface area is 150 Å². The van der Waals surface area contributed by atoms with Gasteiger partial charge in [-0.15, -0.1) is 0 Å². The molecule has 2 heterocycles. The van der Waals surface area contributed by atoms with E-state index >= 15 is 0 Å². The average molecular weight is 346 g/mol. The molecule has 2 aliphatic rings. The molecule has 2 aliphatic heterocycles. The molecule has 1 atom stereocenters. The highest BCUT2D eigenvalue weighted by molar-refractivity contribution is 5.67. The summed E-state index contributed by atoms with van der Waals surface area (Å²) in [5.74, 6) is 0. The number of rotatable bonds is 5. The Hall–Kier alpha value is -1.59. The zero-order valence-corrected chi connectivity index (χ0v) is 15.2. The molecule has 0 spiro atoms. The van der Waals surface area contributed by atoms with Gasteiger partial charge in [0.2, 0.25) is 0 Å². The fourth-order valence-corrected chi connectivity index (χ4v) is 4.07. The van der Waals surface area contributed by atoms with Gasteiger partial charge < -0.3 is 14.4 Å². The number of methoxy groups -OCH3 is 1. The summed E-state index contributed by atoms with van der Waals surface area (Å²) in [7, 11) is 1.79. The second kappa shape index (κ2) is 9.20. The summed E-state index contributed by atoms with van der Waals surface area (Å²) < 4.78 is 10.9. The number of piperidine rings is 2. The molecule has 0 aromatic heterocycles. The van der Waals surface area contributed by atoms with Crippen LogP contribution in [0.15, 0.2) is 30.3 Å². The lowest BCUT2D eigenvalue weighted by atomic mass is 9.95. The maximum Gasteiger partial charge on any atom is 0.410 e. The molecule has 0 saturated carbocycles. The first-order valence-electron chi connectivity index (χ1n) is 9.48. The van der Waals surface area contributed by atoms with Crippen molar-refractivity contribution in [3.05, 3.63) is 35.9 Å². The Bertz CT molecular complexity index is 527. The van der Waals surface area contributed by atoms with Crippen molar-refractivity contribution in [2.24, 2.45) is 0 Å². The summed E-state index contributed by atoms with van der Waals surface area (Å²) in [6.07, 6.45) is 5.68. The predicted octanol–water partition coefficient (Wildman–Crippen LogP) is 3.29. The van der Waals surface area contributed by atoms with Crippen molar-refractivity contribution >= 4 is 6.09 Å². The molecule has 3 rings (SSSR count). The highest BCUT2D eigenvalue weighted by Crippen LogP contribution is 2.25. The van der Waals surface area contributed by atoms with Crippen LogP contribution in [0, 0.1) is 0 Å². The Morgan fingerprint density at radius 2 is 1.84 bits per heavy atom. The summed E-state index contributed by atoms with van der Waals surface area (Å²) >= 11 is 0. The second-order valence-corrected chi connectivity index (χ2v) is 7.10. The van der Waals surface area contributed by atoms with E-state index in [1.165, 1.54) is 19.3 Å². The summed E-state index contributed by atoms with van der Waals surface area (Å²) in [4.78, 5) is 16.8. The van der Waals surface area contributed by atoms with E-state index in [0.717, 1.165) is 44.6 Å². The summed E-state index contributed by atoms with van der Waals surface area (Å²) in [5, 5.41) is 0. The van der Waals surface area contributed by atoms with Gasteiger partial charge in [0.05, 0.1) is 6.61 Å². The quantitative estimate of drug-likeness (QED) is 0.820. The molecule has 2 fully saturated rings. The Morgan fingerprint density at radius 3 is 2.56 bits per heavy atom. The zero-order valence-electron chi connectivity index (χ0n) is 15.2. The van der Waals surface area contributed by atoms with Crippen molar-refractivity contribution in [3.8, 4) is 0 Å². The van der Waals surface area contributed by atoms with Crippen LogP contribution in [0.1, 0.15) is 37.7 Å². The van der Waals surface area contributed by atoms with E-state index < -0.39 is 0 Å². The van der Waals surface area contributed by atoms with Crippen LogP contribution in [0.4, 0.5) is 4.79 Å². The Kier molecular flexibility index (Phi) is 6.70. The molecular weight excluding hydrogens is 316 g/mol. The molecule has 1 aromatic rings. The minimum atomic E-state index is -0.186. The van der Waals surface area contributed by atoms with E-state index in [1.54, 1.807) is 7.11 Å². The van der Waals surface area contributed by atoms with Gasteiger partial charge in [0.1, 0.15) is 6.61 Å². The van der Waals surface area contributed by atoms with Gasteiger partial charge in [0.15, 0.2) is 0 Å². The SMILES string of the molecule is COCC1CCCCN1C1CCN(C(=O)OCc2ccccc2)CC1. The molecular formula is C20H30N2O3. The van der Waals surface area contributed by atoms with Gasteiger partial charge >= 0.3 is 6.09 Å². The third kappa shape index (κ3) is 4.95. The third-order valence-electron chi connectivity index (χ3n) is 5.43. The van der Waals surface area contributed by atoms with Crippen LogP contribution in [-0.2, 0) is 16.1 Å². The largest absolute Gasteiger partial charge is 0.445 e. The molecule has 0 aliphatic carbocycles. The normalized spacial score (nSPS) is 22.8. The number of hydrogen-bond donors (Lipinski definition) is 0. The van der Waals surface area contributed by atoms with Gasteiger partial charge in [-0.25, -0.2) is 4.79 Å². The molecule has 138 valence electrons. The van der Waals surface area contributed by atoms with Crippen molar-refractivity contribution in [3.63, 3.8) is 0 Å². The lowest BCUT2D eigenvalue weighted by Gasteiger charge is -2.44. The molecule has 25 heavy (non-hydrogen) atoms. The van der Waals surface area contributed by atoms with Gasteiger partial charge in [-0.05, 0) is 37.8 Å². The van der Waals surface area contributed by atoms with E-state index in [4.69, 9.17) is 9.47 Å². The Balaban J connectivity index is 1.45. The highest BCUT2D eigenvalue weighted by Gasteiger charge is 2.32. The second-order valence-electron chi connectivity index (χ2n) is 7.10. The first-order valence-corrected chi connectivity index (χ1v) is 9.48.